The van der Waals surface area contributed by atoms with E-state index in [0.29, 0.717) is 78.6 Å². The van der Waals surface area contributed by atoms with E-state index in [4.69, 9.17) is 40.5 Å². The number of carbonyl (C=O) groups is 4. The monoisotopic (exact) mass is 2610 g/mol. The summed E-state index contributed by atoms with van der Waals surface area (Å²) in [5.41, 5.74) is 19.5. The zero-order valence-corrected chi connectivity index (χ0v) is 99.2. The molecule has 10 atom stereocenters. The van der Waals surface area contributed by atoms with Crippen LogP contribution in [-0.2, 0) is 41.3 Å². The third-order valence-corrected chi connectivity index (χ3v) is 33.1. The number of aliphatic hydroxyl groups excluding tert-OH is 2. The molecule has 39 heteroatoms. The van der Waals surface area contributed by atoms with Gasteiger partial charge in [-0.1, -0.05) is 251 Å². The number of hydrogen-bond acceptors (Lipinski definition) is 26. The summed E-state index contributed by atoms with van der Waals surface area (Å²) in [5, 5.41) is 42.2. The number of nitrogens with one attached hydrogen (secondary N) is 2. The van der Waals surface area contributed by atoms with Gasteiger partial charge < -0.3 is 33.5 Å². The van der Waals surface area contributed by atoms with Crippen LogP contribution in [0.2, 0.25) is 15.5 Å². The van der Waals surface area contributed by atoms with Gasteiger partial charge in [0.1, 0.15) is 64.8 Å². The smallest absolute Gasteiger partial charge is 0.396 e. The molecule has 0 amide bonds. The van der Waals surface area contributed by atoms with Crippen molar-refractivity contribution in [3.05, 3.63) is 392 Å². The Balaban J connectivity index is 0.000000237. The topological polar surface area (TPSA) is 348 Å². The average molecular weight is 2620 g/mol. The summed E-state index contributed by atoms with van der Waals surface area (Å²) < 4.78 is 24.5. The summed E-state index contributed by atoms with van der Waals surface area (Å²) in [7, 11) is 0.586. The van der Waals surface area contributed by atoms with Gasteiger partial charge >= 0.3 is 18.9 Å². The number of unbranched alkanes of at least 4 members (excludes halogenated alkanes) is 1. The van der Waals surface area contributed by atoms with Gasteiger partial charge in [0.2, 0.25) is 17.3 Å². The molecule has 0 spiro atoms. The molecule has 0 radical (unpaired) electrons. The number of thiophene rings is 5. The Kier molecular flexibility index (Phi) is 57.2. The van der Waals surface area contributed by atoms with Gasteiger partial charge in [0.05, 0.1) is 39.8 Å². The summed E-state index contributed by atoms with van der Waals surface area (Å²) in [6, 6.07) is 51.9. The number of carbonyl (C=O) groups excluding carboxylic acids is 4. The summed E-state index contributed by atoms with van der Waals surface area (Å²) in [5.74, 6) is 5.00. The van der Waals surface area contributed by atoms with Crippen LogP contribution in [0.4, 0.5) is 11.6 Å². The zero-order chi connectivity index (χ0) is 105. The number of ketones is 3. The van der Waals surface area contributed by atoms with Crippen LogP contribution in [0.25, 0.3) is 0 Å². The van der Waals surface area contributed by atoms with Gasteiger partial charge in [0.25, 0.3) is 9.24 Å². The molecule has 3 saturated carbocycles. The molecule has 780 valence electrons. The fraction of sp³-hybridized carbons (Fsp3) is 0.312. The normalized spacial score (nSPS) is 16.7. The summed E-state index contributed by atoms with van der Waals surface area (Å²) in [6.07, 6.45) is 30.5. The first-order valence-electron chi connectivity index (χ1n) is 46.5. The van der Waals surface area contributed by atoms with Gasteiger partial charge in [-0.15, -0.1) is 56.7 Å². The number of anilines is 2. The molecular weight excluding hydrogens is 2500 g/mol. The first-order valence-corrected chi connectivity index (χ1v) is 59.4. The van der Waals surface area contributed by atoms with E-state index in [1.165, 1.54) is 160 Å². The molecule has 10 heterocycles. The number of hydrogen-bond donors (Lipinski definition) is 6. The van der Waals surface area contributed by atoms with Crippen LogP contribution in [0.1, 0.15) is 248 Å². The number of aldehydes is 1. The third-order valence-electron chi connectivity index (χ3n) is 23.8. The zero-order valence-electron chi connectivity index (χ0n) is 81.2. The van der Waals surface area contributed by atoms with Crippen LogP contribution in [0.5, 0.6) is 0 Å². The minimum Gasteiger partial charge on any atom is -0.396 e. The molecule has 3 fully saturated rings. The number of halogens is 10. The average Bonchev–Trinajstić information content (AvgIpc) is 1.39. The van der Waals surface area contributed by atoms with E-state index >= 15 is 0 Å². The van der Waals surface area contributed by atoms with Crippen molar-refractivity contribution in [2.24, 2.45) is 46.4 Å². The van der Waals surface area contributed by atoms with Crippen LogP contribution in [0.3, 0.4) is 0 Å². The Bertz CT molecular complexity index is 6610. The molecule has 1 unspecified atom stereocenters. The first kappa shape index (κ1) is 128. The van der Waals surface area contributed by atoms with Gasteiger partial charge in [-0.25, -0.2) is 55.0 Å². The second-order valence-corrected chi connectivity index (χ2v) is 48.5. The van der Waals surface area contributed by atoms with Crippen molar-refractivity contribution in [1.29, 1.82) is 0 Å². The maximum atomic E-state index is 13.2. The molecule has 8 N–H and O–H groups in total. The Labute approximate surface area is 976 Å². The maximum absolute atomic E-state index is 13.2. The molecule has 0 aliphatic heterocycles. The SMILES string of the molecule is C.C.CC[C@H]1C[C@@H](N)C[C@@H]1C.CC[C@H]1C[C@@H](Nc2ncncc2C(=O)c2cc(Cc3cccc(Br)c3)cs2)C[C@@H]1C.C[C@H]1C[C@H](Nc2ncncc2C(=O)c2cc(Cc3cccc(Br)c3)cs2)C[C@@H]1CO.Clc1ncncc1I.NS(=O)(=O)Cl.O=C(c1cc(Cc2cccc(Br)c2)cs1)c1cncnc1Cl.O=Cc1cc(Cc2cccc(Br)c2)cs1.OC(c1cc(Cc2cccc(Br)c2)cs1)c1cncnc1Cl.[CH2-]CCC.[Li+]. The predicted molar refractivity (Wildman–Crippen MR) is 633 cm³/mol. The van der Waals surface area contributed by atoms with E-state index < -0.39 is 15.3 Å². The van der Waals surface area contributed by atoms with Crippen LogP contribution < -0.4 is 40.4 Å². The summed E-state index contributed by atoms with van der Waals surface area (Å²) in [4.78, 5) is 93.0. The second-order valence-electron chi connectivity index (χ2n) is 34.8. The van der Waals surface area contributed by atoms with Crippen LogP contribution >= 0.6 is 204 Å². The first-order chi connectivity index (χ1) is 69.6. The molecule has 22 nitrogen and oxygen atoms in total. The summed E-state index contributed by atoms with van der Waals surface area (Å²) >= 11 is 44.3. The van der Waals surface area contributed by atoms with Gasteiger partial charge in [-0.05, 0) is 302 Å². The molecule has 3 aliphatic carbocycles. The molecule has 0 saturated heterocycles. The van der Waals surface area contributed by atoms with Gasteiger partial charge in [0, 0.05) is 99.2 Å². The molecule has 3 aliphatic rings. The van der Waals surface area contributed by atoms with Crippen molar-refractivity contribution < 1.29 is 56.7 Å². The molecular formula is C109H119Br5Cl4ILiN14O8S6. The van der Waals surface area contributed by atoms with Gasteiger partial charge in [-0.3, -0.25) is 19.2 Å². The molecule has 10 aromatic heterocycles. The Hall–Kier alpha value is -7.04. The van der Waals surface area contributed by atoms with Gasteiger partial charge in [-0.2, -0.15) is 14.8 Å². The molecule has 148 heavy (non-hydrogen) atoms. The van der Waals surface area contributed by atoms with Crippen LogP contribution in [0.15, 0.2) is 264 Å². The minimum absolute atomic E-state index is 0. The number of aromatic nitrogens is 10. The van der Waals surface area contributed by atoms with E-state index in [2.05, 4.69) is 298 Å². The van der Waals surface area contributed by atoms with Crippen molar-refractivity contribution in [2.45, 2.75) is 177 Å². The quantitative estimate of drug-likeness (QED) is 0.00530. The molecule has 5 aromatic carbocycles. The number of benzene rings is 5. The Morgan fingerprint density at radius 3 is 1.13 bits per heavy atom. The third kappa shape index (κ3) is 43.0. The number of nitrogens with two attached hydrogens (primary N) is 2. The van der Waals surface area contributed by atoms with Crippen LogP contribution in [-0.4, -0.2) is 117 Å². The standard InChI is InChI=1S/C24H26BrN3OS.C23H24BrN3O2S.C16H12BrClN2OS.C16H10BrClN2OS.C12H9BrOS.C8H17N.C4H2ClIN2.C4H9.2CH4.ClH2NO2S.Li/c1-3-18-11-20(7-15(18)2)28-24-21(12-26-14-27-24)23(29)22-10-17(13-30-22)8-16-5-4-6-19(25)9-16;1-14-5-19(9-17(14)11-28)27-23-20(10-25-13-26-23)22(29)21-8-16(12-30-21)6-15-3-2-4-18(24)7-15;2*17-12-3-1-2-10(5-12)4-11-6-14(22-8-11)15(21)13-7-19-9-20-16(13)18;13-11-3-1-2-9(5-11)4-10-6-12(7-14)15-8-10;1-3-7-5-8(9)4-6(7)2;5-4-3(6)1-7-2-8-4;1-3-4-2;;;1-5(2,3)4;/h4-6,9-10,12-15,18,20H,3,7-8,11H2,1-2H3,(H,26,27,28);2-4,7-8,10,12-14,17,19,28H,5-6,9,11H2,1H3,(H,25,26,27);1-3,5-9,15,21H,4H2;1-3,5-9H,4H2;1-3,5-8H,4H2;6-8H,3-5,9H2,1-2H3;1-2H;1,3-4H2,2H3;2*1H4;(H2,2,3,4);/q;;;;;;;-1;;;;+1/t15-,18-,20-;14-,17+,19-;;;;6-,7-,8-;;;;;;/m00...0....../s1. The van der Waals surface area contributed by atoms with Crippen molar-refractivity contribution in [1.82, 2.24) is 49.8 Å². The van der Waals surface area contributed by atoms with E-state index in [0.717, 1.165) is 151 Å². The maximum Gasteiger partial charge on any atom is 1.00 e. The summed E-state index contributed by atoms with van der Waals surface area (Å²) in [6.45, 7) is 17.2. The largest absolute Gasteiger partial charge is 1.00 e. The van der Waals surface area contributed by atoms with Gasteiger partial charge in [0.15, 0.2) is 6.29 Å². The van der Waals surface area contributed by atoms with Crippen LogP contribution in [0, 0.1) is 46.0 Å². The molecule has 0 bridgehead atoms. The Morgan fingerprint density at radius 2 is 0.804 bits per heavy atom. The number of rotatable bonds is 27. The van der Waals surface area contributed by atoms with Crippen molar-refractivity contribution >= 4 is 249 Å². The predicted octanol–water partition coefficient (Wildman–Crippen LogP) is 27.4. The number of aliphatic hydroxyl groups is 2. The fourth-order valence-corrected chi connectivity index (χ4v) is 23.7. The van der Waals surface area contributed by atoms with E-state index in [1.54, 1.807) is 24.8 Å². The fourth-order valence-electron chi connectivity index (χ4n) is 16.5. The second kappa shape index (κ2) is 66.3. The minimum atomic E-state index is -3.69. The number of nitrogens with zero attached hydrogens (tertiary/aromatic N) is 10. The Morgan fingerprint density at radius 1 is 0.473 bits per heavy atom. The van der Waals surface area contributed by atoms with E-state index in [-0.39, 0.29) is 74.0 Å². The molecule has 15 aromatic rings. The van der Waals surface area contributed by atoms with Crippen molar-refractivity contribution in [2.75, 3.05) is 17.2 Å². The van der Waals surface area contributed by atoms with E-state index in [9.17, 15) is 37.8 Å². The van der Waals surface area contributed by atoms with E-state index in [1.807, 2.05) is 107 Å². The molecule has 18 rings (SSSR count). The van der Waals surface area contributed by atoms with Crippen molar-refractivity contribution in [3.63, 3.8) is 0 Å². The van der Waals surface area contributed by atoms with Crippen molar-refractivity contribution in [3.8, 4) is 0 Å².